The van der Waals surface area contributed by atoms with Gasteiger partial charge in [-0.1, -0.05) is 0 Å². The molecule has 4 heteroatoms. The normalized spacial score (nSPS) is 12.2. The van der Waals surface area contributed by atoms with Crippen molar-refractivity contribution in [2.24, 2.45) is 0 Å². The lowest BCUT2D eigenvalue weighted by atomic mass is 10.3. The van der Waals surface area contributed by atoms with Gasteiger partial charge in [-0.2, -0.15) is 5.26 Å². The fourth-order valence-electron chi connectivity index (χ4n) is 0.781. The van der Waals surface area contributed by atoms with Crippen molar-refractivity contribution in [1.29, 1.82) is 5.26 Å². The van der Waals surface area contributed by atoms with Crippen molar-refractivity contribution in [2.45, 2.75) is 17.1 Å². The standard InChI is InChI=1S/C9H7F2NS/c1-6(5-12)13-7-2-3-8(10)9(11)4-7/h2-4,6H,1H3. The van der Waals surface area contributed by atoms with Crippen LogP contribution in [0.3, 0.4) is 0 Å². The van der Waals surface area contributed by atoms with Crippen LogP contribution >= 0.6 is 11.8 Å². The molecule has 0 saturated carbocycles. The summed E-state index contributed by atoms with van der Waals surface area (Å²) in [6.45, 7) is 1.70. The van der Waals surface area contributed by atoms with Gasteiger partial charge >= 0.3 is 0 Å². The molecular formula is C9H7F2NS. The molecule has 0 fully saturated rings. The van der Waals surface area contributed by atoms with Crippen LogP contribution in [0.2, 0.25) is 0 Å². The minimum atomic E-state index is -0.880. The second-order valence-corrected chi connectivity index (χ2v) is 3.88. The van der Waals surface area contributed by atoms with Crippen molar-refractivity contribution < 1.29 is 8.78 Å². The van der Waals surface area contributed by atoms with E-state index < -0.39 is 11.6 Å². The van der Waals surface area contributed by atoms with E-state index in [0.29, 0.717) is 4.90 Å². The third kappa shape index (κ3) is 2.71. The van der Waals surface area contributed by atoms with E-state index >= 15 is 0 Å². The molecule has 0 aliphatic carbocycles. The first-order chi connectivity index (χ1) is 6.13. The fourth-order valence-corrected chi connectivity index (χ4v) is 1.56. The first kappa shape index (κ1) is 10.0. The van der Waals surface area contributed by atoms with E-state index in [2.05, 4.69) is 0 Å². The number of benzene rings is 1. The van der Waals surface area contributed by atoms with Gasteiger partial charge in [-0.05, 0) is 25.1 Å². The highest BCUT2D eigenvalue weighted by Gasteiger charge is 2.06. The van der Waals surface area contributed by atoms with Crippen LogP contribution < -0.4 is 0 Å². The highest BCUT2D eigenvalue weighted by Crippen LogP contribution is 2.24. The molecule has 0 amide bonds. The minimum absolute atomic E-state index is 0.259. The van der Waals surface area contributed by atoms with Gasteiger partial charge in [0.25, 0.3) is 0 Å². The Bertz CT molecular complexity index is 346. The second kappa shape index (κ2) is 4.24. The van der Waals surface area contributed by atoms with E-state index in [-0.39, 0.29) is 5.25 Å². The number of hydrogen-bond acceptors (Lipinski definition) is 2. The predicted octanol–water partition coefficient (Wildman–Crippen LogP) is 2.97. The average Bonchev–Trinajstić information content (AvgIpc) is 2.11. The van der Waals surface area contributed by atoms with Gasteiger partial charge in [0.1, 0.15) is 0 Å². The zero-order valence-corrected chi connectivity index (χ0v) is 7.74. The molecule has 1 aromatic carbocycles. The van der Waals surface area contributed by atoms with Gasteiger partial charge in [-0.3, -0.25) is 0 Å². The molecule has 13 heavy (non-hydrogen) atoms. The highest BCUT2D eigenvalue weighted by molar-refractivity contribution is 8.00. The minimum Gasteiger partial charge on any atom is -0.204 e. The van der Waals surface area contributed by atoms with Crippen LogP contribution in [0.25, 0.3) is 0 Å². The van der Waals surface area contributed by atoms with E-state index in [4.69, 9.17) is 5.26 Å². The summed E-state index contributed by atoms with van der Waals surface area (Å²) in [5.41, 5.74) is 0. The molecule has 1 nitrogen and oxygen atoms in total. The van der Waals surface area contributed by atoms with Gasteiger partial charge < -0.3 is 0 Å². The SMILES string of the molecule is CC(C#N)Sc1ccc(F)c(F)c1. The summed E-state index contributed by atoms with van der Waals surface area (Å²) >= 11 is 1.20. The lowest BCUT2D eigenvalue weighted by Crippen LogP contribution is -1.90. The van der Waals surface area contributed by atoms with Gasteiger partial charge in [0.15, 0.2) is 11.6 Å². The molecular weight excluding hydrogens is 192 g/mol. The van der Waals surface area contributed by atoms with Gasteiger partial charge in [0.2, 0.25) is 0 Å². The van der Waals surface area contributed by atoms with Crippen molar-refractivity contribution in [3.8, 4) is 6.07 Å². The monoisotopic (exact) mass is 199 g/mol. The van der Waals surface area contributed by atoms with Crippen molar-refractivity contribution in [3.63, 3.8) is 0 Å². The molecule has 1 aromatic rings. The highest BCUT2D eigenvalue weighted by atomic mass is 32.2. The molecule has 0 radical (unpaired) electrons. The fraction of sp³-hybridized carbons (Fsp3) is 0.222. The number of rotatable bonds is 2. The topological polar surface area (TPSA) is 23.8 Å². The quantitative estimate of drug-likeness (QED) is 0.684. The Labute approximate surface area is 79.4 Å². The maximum absolute atomic E-state index is 12.7. The molecule has 68 valence electrons. The molecule has 0 aliphatic heterocycles. The Morgan fingerprint density at radius 2 is 2.08 bits per heavy atom. The van der Waals surface area contributed by atoms with Gasteiger partial charge in [0.05, 0.1) is 11.3 Å². The Kier molecular flexibility index (Phi) is 3.26. The molecule has 0 N–H and O–H groups in total. The average molecular weight is 199 g/mol. The second-order valence-electron chi connectivity index (χ2n) is 2.47. The van der Waals surface area contributed by atoms with Crippen LogP contribution in [0, 0.1) is 23.0 Å². The lowest BCUT2D eigenvalue weighted by molar-refractivity contribution is 0.506. The molecule has 1 rings (SSSR count). The Balaban J connectivity index is 2.81. The van der Waals surface area contributed by atoms with Crippen LogP contribution in [0.1, 0.15) is 6.92 Å². The number of nitrogens with zero attached hydrogens (tertiary/aromatic N) is 1. The molecule has 0 aliphatic rings. The van der Waals surface area contributed by atoms with Crippen molar-refractivity contribution >= 4 is 11.8 Å². The smallest absolute Gasteiger partial charge is 0.159 e. The van der Waals surface area contributed by atoms with Crippen LogP contribution in [0.5, 0.6) is 0 Å². The first-order valence-electron chi connectivity index (χ1n) is 3.65. The van der Waals surface area contributed by atoms with E-state index in [1.54, 1.807) is 6.92 Å². The zero-order chi connectivity index (χ0) is 9.84. The molecule has 0 saturated heterocycles. The zero-order valence-electron chi connectivity index (χ0n) is 6.92. The Hall–Kier alpha value is -1.08. The third-order valence-corrected chi connectivity index (χ3v) is 2.37. The summed E-state index contributed by atoms with van der Waals surface area (Å²) in [5.74, 6) is -1.75. The molecule has 0 bridgehead atoms. The van der Waals surface area contributed by atoms with Gasteiger partial charge in [0, 0.05) is 4.90 Å². The summed E-state index contributed by atoms with van der Waals surface area (Å²) in [6, 6.07) is 5.60. The van der Waals surface area contributed by atoms with Gasteiger partial charge in [-0.15, -0.1) is 11.8 Å². The molecule has 1 atom stereocenters. The number of hydrogen-bond donors (Lipinski definition) is 0. The van der Waals surface area contributed by atoms with Gasteiger partial charge in [-0.25, -0.2) is 8.78 Å². The van der Waals surface area contributed by atoms with E-state index in [0.717, 1.165) is 12.1 Å². The Morgan fingerprint density at radius 1 is 1.38 bits per heavy atom. The number of thioether (sulfide) groups is 1. The number of halogens is 2. The van der Waals surface area contributed by atoms with E-state index in [1.165, 1.54) is 17.8 Å². The molecule has 0 aromatic heterocycles. The van der Waals surface area contributed by atoms with Crippen LogP contribution in [-0.2, 0) is 0 Å². The molecule has 0 heterocycles. The van der Waals surface area contributed by atoms with Crippen molar-refractivity contribution in [2.75, 3.05) is 0 Å². The summed E-state index contributed by atoms with van der Waals surface area (Å²) in [6.07, 6.45) is 0. The summed E-state index contributed by atoms with van der Waals surface area (Å²) in [4.78, 5) is 0.563. The molecule has 0 spiro atoms. The largest absolute Gasteiger partial charge is 0.204 e. The summed E-state index contributed by atoms with van der Waals surface area (Å²) in [5, 5.41) is 8.22. The van der Waals surface area contributed by atoms with Crippen molar-refractivity contribution in [1.82, 2.24) is 0 Å². The lowest BCUT2D eigenvalue weighted by Gasteiger charge is -2.02. The van der Waals surface area contributed by atoms with Crippen LogP contribution in [0.4, 0.5) is 8.78 Å². The maximum atomic E-state index is 12.7. The predicted molar refractivity (Wildman–Crippen MR) is 47.3 cm³/mol. The Morgan fingerprint density at radius 3 is 2.62 bits per heavy atom. The van der Waals surface area contributed by atoms with Crippen molar-refractivity contribution in [3.05, 3.63) is 29.8 Å². The van der Waals surface area contributed by atoms with E-state index in [1.807, 2.05) is 6.07 Å². The van der Waals surface area contributed by atoms with Crippen LogP contribution in [-0.4, -0.2) is 5.25 Å². The van der Waals surface area contributed by atoms with E-state index in [9.17, 15) is 8.78 Å². The summed E-state index contributed by atoms with van der Waals surface area (Å²) in [7, 11) is 0. The maximum Gasteiger partial charge on any atom is 0.159 e. The van der Waals surface area contributed by atoms with Crippen LogP contribution in [0.15, 0.2) is 23.1 Å². The third-order valence-electron chi connectivity index (χ3n) is 1.39. The first-order valence-corrected chi connectivity index (χ1v) is 4.53. The summed E-state index contributed by atoms with van der Waals surface area (Å²) < 4.78 is 25.1. The number of nitriles is 1. The molecule has 1 unspecified atom stereocenters.